The second-order valence-corrected chi connectivity index (χ2v) is 3.42. The first kappa shape index (κ1) is 36.4. The summed E-state index contributed by atoms with van der Waals surface area (Å²) in [7, 11) is -11.4. The van der Waals surface area contributed by atoms with E-state index in [1.54, 1.807) is 0 Å². The van der Waals surface area contributed by atoms with Crippen molar-refractivity contribution in [2.45, 2.75) is 0 Å². The van der Waals surface area contributed by atoms with Crippen LogP contribution in [0.3, 0.4) is 0 Å². The van der Waals surface area contributed by atoms with E-state index in [2.05, 4.69) is 4.31 Å². The van der Waals surface area contributed by atoms with Crippen LogP contribution >= 0.6 is 15.6 Å². The molecule has 11 nitrogen and oxygen atoms in total. The largest absolute Gasteiger partial charge is 3.00 e. The Kier molecular flexibility index (Phi) is 30.7. The Morgan fingerprint density at radius 2 is 0.857 bits per heavy atom. The van der Waals surface area contributed by atoms with E-state index in [-0.39, 0.29) is 41.4 Å². The van der Waals surface area contributed by atoms with Gasteiger partial charge in [-0.15, -0.1) is 0 Å². The third-order valence-electron chi connectivity index (χ3n) is 0.200. The summed E-state index contributed by atoms with van der Waals surface area (Å²) in [6.45, 7) is 0. The van der Waals surface area contributed by atoms with E-state index in [4.69, 9.17) is 0 Å². The number of hydrogen-bond acceptors (Lipinski definition) is 7. The van der Waals surface area contributed by atoms with Crippen molar-refractivity contribution in [2.75, 3.05) is 0 Å². The molecule has 14 heavy (non-hydrogen) atoms. The van der Waals surface area contributed by atoms with Gasteiger partial charge in [-0.3, -0.25) is 0 Å². The molecule has 0 aromatic carbocycles. The molecular weight excluding hydrogens is 341 g/mol. The molecule has 8 N–H and O–H groups in total. The SMILES string of the molecule is O.O.O.O.O=P([O-])([O-])OP(=O)([O-])[O-].[Rh+3]. The molecule has 0 bridgehead atoms. The zero-order valence-electron chi connectivity index (χ0n) is 6.09. The zero-order valence-corrected chi connectivity index (χ0v) is 9.51. The van der Waals surface area contributed by atoms with Crippen molar-refractivity contribution >= 4 is 15.6 Å². The maximum absolute atomic E-state index is 9.32. The van der Waals surface area contributed by atoms with Gasteiger partial charge in [0, 0.05) is 0 Å². The minimum Gasteiger partial charge on any atom is -0.790 e. The van der Waals surface area contributed by atoms with Crippen molar-refractivity contribution in [1.82, 2.24) is 0 Å². The molecule has 0 spiro atoms. The van der Waals surface area contributed by atoms with Gasteiger partial charge < -0.3 is 54.9 Å². The number of rotatable bonds is 2. The number of hydrogen-bond donors (Lipinski definition) is 0. The molecule has 0 heterocycles. The molecule has 0 radical (unpaired) electrons. The summed E-state index contributed by atoms with van der Waals surface area (Å²) >= 11 is 0. The van der Waals surface area contributed by atoms with Crippen molar-refractivity contribution in [3.63, 3.8) is 0 Å². The summed E-state index contributed by atoms with van der Waals surface area (Å²) in [4.78, 5) is 37.3. The third-order valence-corrected chi connectivity index (χ3v) is 1.80. The summed E-state index contributed by atoms with van der Waals surface area (Å²) in [6.07, 6.45) is 0. The average molecular weight is 349 g/mol. The van der Waals surface area contributed by atoms with Gasteiger partial charge in [-0.05, 0) is 0 Å². The molecule has 0 amide bonds. The van der Waals surface area contributed by atoms with Crippen molar-refractivity contribution < 1.29 is 74.4 Å². The molecule has 0 aliphatic heterocycles. The maximum Gasteiger partial charge on any atom is 3.00 e. The van der Waals surface area contributed by atoms with E-state index < -0.39 is 15.6 Å². The Labute approximate surface area is 90.6 Å². The summed E-state index contributed by atoms with van der Waals surface area (Å²) in [5, 5.41) is 0. The second-order valence-electron chi connectivity index (χ2n) is 0.976. The Hall–Kier alpha value is 0.723. The van der Waals surface area contributed by atoms with E-state index in [1.165, 1.54) is 0 Å². The summed E-state index contributed by atoms with van der Waals surface area (Å²) in [5.41, 5.74) is 0. The molecule has 0 aromatic heterocycles. The van der Waals surface area contributed by atoms with Gasteiger partial charge in [0.15, 0.2) is 0 Å². The fourth-order valence-electron chi connectivity index (χ4n) is 0.122. The van der Waals surface area contributed by atoms with E-state index in [0.717, 1.165) is 0 Å². The van der Waals surface area contributed by atoms with Crippen molar-refractivity contribution in [3.8, 4) is 0 Å². The molecule has 0 fully saturated rings. The first-order valence-corrected chi connectivity index (χ1v) is 4.38. The predicted octanol–water partition coefficient (Wildman–Crippen LogP) is -6.64. The summed E-state index contributed by atoms with van der Waals surface area (Å²) < 4.78 is 21.2. The van der Waals surface area contributed by atoms with Gasteiger partial charge in [-0.2, -0.15) is 0 Å². The van der Waals surface area contributed by atoms with Gasteiger partial charge in [-0.1, -0.05) is 0 Å². The van der Waals surface area contributed by atoms with Gasteiger partial charge >= 0.3 is 19.5 Å². The molecular formula is H8O11P2Rh-. The van der Waals surface area contributed by atoms with E-state index in [9.17, 15) is 28.7 Å². The topological polar surface area (TPSA) is 262 Å². The Balaban J connectivity index is -0.0000000320. The monoisotopic (exact) mass is 349 g/mol. The van der Waals surface area contributed by atoms with Gasteiger partial charge in [0.05, 0.1) is 15.6 Å². The Morgan fingerprint density at radius 1 is 0.714 bits per heavy atom. The van der Waals surface area contributed by atoms with Crippen LogP contribution in [0.5, 0.6) is 0 Å². The van der Waals surface area contributed by atoms with Crippen LogP contribution in [0.15, 0.2) is 0 Å². The van der Waals surface area contributed by atoms with Crippen LogP contribution in [0.2, 0.25) is 0 Å². The van der Waals surface area contributed by atoms with Crippen molar-refractivity contribution in [1.29, 1.82) is 0 Å². The quantitative estimate of drug-likeness (QED) is 0.343. The molecule has 14 heteroatoms. The minimum absolute atomic E-state index is 0. The molecule has 0 saturated carbocycles. The smallest absolute Gasteiger partial charge is 0.790 e. The Morgan fingerprint density at radius 3 is 0.857 bits per heavy atom. The van der Waals surface area contributed by atoms with Crippen LogP contribution in [0.4, 0.5) is 0 Å². The second kappa shape index (κ2) is 11.8. The fourth-order valence-corrected chi connectivity index (χ4v) is 1.10. The van der Waals surface area contributed by atoms with E-state index >= 15 is 0 Å². The van der Waals surface area contributed by atoms with Gasteiger partial charge in [0.25, 0.3) is 0 Å². The van der Waals surface area contributed by atoms with Crippen molar-refractivity contribution in [3.05, 3.63) is 0 Å². The minimum atomic E-state index is -5.68. The van der Waals surface area contributed by atoms with Crippen LogP contribution in [0.25, 0.3) is 0 Å². The average Bonchev–Trinajstić information content (AvgIpc) is 1.14. The van der Waals surface area contributed by atoms with Gasteiger partial charge in [0.2, 0.25) is 0 Å². The zero-order chi connectivity index (χ0) is 7.71. The van der Waals surface area contributed by atoms with Crippen LogP contribution < -0.4 is 19.6 Å². The summed E-state index contributed by atoms with van der Waals surface area (Å²) in [6, 6.07) is 0. The first-order valence-electron chi connectivity index (χ1n) is 1.46. The van der Waals surface area contributed by atoms with E-state index in [1.807, 2.05) is 0 Å². The van der Waals surface area contributed by atoms with Crippen LogP contribution in [-0.2, 0) is 32.9 Å². The predicted molar refractivity (Wildman–Crippen MR) is 30.8 cm³/mol. The molecule has 0 atom stereocenters. The standard InChI is InChI=1S/H4O7P2.4H2O.Rh/c1-8(2,3)7-9(4,5)6;;;;;/h(H2,1,2,3)(H2,4,5,6);4*1H2;/q;;;;;+3/p-4. The third kappa shape index (κ3) is 38.7. The normalized spacial score (nSPS) is 8.86. The molecule has 0 unspecified atom stereocenters. The first-order chi connectivity index (χ1) is 3.71. The number of phosphoric acid groups is 2. The molecule has 0 saturated heterocycles. The fraction of sp³-hybridized carbons (Fsp3) is 0. The van der Waals surface area contributed by atoms with Gasteiger partial charge in [0.1, 0.15) is 0 Å². The molecule has 0 aliphatic rings. The summed E-state index contributed by atoms with van der Waals surface area (Å²) in [5.74, 6) is 0. The molecule has 0 aromatic rings. The molecule has 0 rings (SSSR count). The van der Waals surface area contributed by atoms with Crippen LogP contribution in [0.1, 0.15) is 0 Å². The van der Waals surface area contributed by atoms with Crippen LogP contribution in [-0.4, -0.2) is 21.9 Å². The maximum atomic E-state index is 9.32. The van der Waals surface area contributed by atoms with Crippen LogP contribution in [0, 0.1) is 0 Å². The molecule has 94 valence electrons. The Bertz CT molecular complexity index is 154. The van der Waals surface area contributed by atoms with Crippen molar-refractivity contribution in [2.24, 2.45) is 0 Å². The van der Waals surface area contributed by atoms with Gasteiger partial charge in [-0.25, -0.2) is 0 Å². The molecule has 0 aliphatic carbocycles. The van der Waals surface area contributed by atoms with E-state index in [0.29, 0.717) is 0 Å².